The molecule has 2 heterocycles. The van der Waals surface area contributed by atoms with E-state index in [0.29, 0.717) is 5.69 Å². The molecule has 0 saturated carbocycles. The van der Waals surface area contributed by atoms with Crippen molar-refractivity contribution in [2.45, 2.75) is 19.9 Å². The van der Waals surface area contributed by atoms with E-state index in [1.807, 2.05) is 42.9 Å². The third kappa shape index (κ3) is 3.19. The summed E-state index contributed by atoms with van der Waals surface area (Å²) >= 11 is 0. The van der Waals surface area contributed by atoms with Crippen molar-refractivity contribution in [3.05, 3.63) is 90.0 Å². The molecule has 1 amide bonds. The summed E-state index contributed by atoms with van der Waals surface area (Å²) in [5.74, 6) is -0.194. The van der Waals surface area contributed by atoms with Gasteiger partial charge < -0.3 is 5.32 Å². The van der Waals surface area contributed by atoms with Crippen LogP contribution < -0.4 is 5.32 Å². The molecule has 0 fully saturated rings. The normalized spacial score (nSPS) is 12.1. The number of aromatic nitrogens is 3. The van der Waals surface area contributed by atoms with Crippen LogP contribution in [0.4, 0.5) is 0 Å². The van der Waals surface area contributed by atoms with Crippen molar-refractivity contribution in [1.29, 1.82) is 0 Å². The molecule has 0 bridgehead atoms. The molecular weight excluding hydrogens is 336 g/mol. The van der Waals surface area contributed by atoms with Crippen LogP contribution in [0, 0.1) is 6.92 Å². The smallest absolute Gasteiger partial charge is 0.270 e. The van der Waals surface area contributed by atoms with Gasteiger partial charge in [0.2, 0.25) is 0 Å². The Bertz CT molecular complexity index is 1100. The summed E-state index contributed by atoms with van der Waals surface area (Å²) in [5.41, 5.74) is 3.41. The van der Waals surface area contributed by atoms with Crippen LogP contribution in [0.15, 0.2) is 73.1 Å². The number of rotatable bonds is 4. The molecular formula is C22H20N4O. The SMILES string of the molecule is Cc1c(C(C)NC(=O)c2ccccn2)cnn1-c1cccc2ccccc12. The molecule has 1 atom stereocenters. The minimum atomic E-state index is -0.194. The molecule has 0 aliphatic rings. The number of carbonyl (C=O) groups excluding carboxylic acids is 1. The lowest BCUT2D eigenvalue weighted by molar-refractivity contribution is 0.0935. The highest BCUT2D eigenvalue weighted by Gasteiger charge is 2.18. The van der Waals surface area contributed by atoms with Crippen molar-refractivity contribution in [3.8, 4) is 5.69 Å². The fourth-order valence-corrected chi connectivity index (χ4v) is 3.33. The first kappa shape index (κ1) is 17.0. The van der Waals surface area contributed by atoms with Gasteiger partial charge in [0.1, 0.15) is 5.69 Å². The molecule has 5 heteroatoms. The lowest BCUT2D eigenvalue weighted by atomic mass is 10.1. The Balaban J connectivity index is 1.65. The molecule has 4 rings (SSSR count). The summed E-state index contributed by atoms with van der Waals surface area (Å²) < 4.78 is 1.93. The second-order valence-electron chi connectivity index (χ2n) is 6.51. The minimum Gasteiger partial charge on any atom is -0.344 e. The van der Waals surface area contributed by atoms with Crippen LogP contribution in [-0.4, -0.2) is 20.7 Å². The van der Waals surface area contributed by atoms with Crippen molar-refractivity contribution in [1.82, 2.24) is 20.1 Å². The Morgan fingerprint density at radius 2 is 1.81 bits per heavy atom. The van der Waals surface area contributed by atoms with Crippen molar-refractivity contribution in [2.24, 2.45) is 0 Å². The lowest BCUT2D eigenvalue weighted by Crippen LogP contribution is -2.27. The zero-order chi connectivity index (χ0) is 18.8. The van der Waals surface area contributed by atoms with Crippen LogP contribution in [0.5, 0.6) is 0 Å². The summed E-state index contributed by atoms with van der Waals surface area (Å²) in [4.78, 5) is 16.5. The second kappa shape index (κ2) is 7.03. The summed E-state index contributed by atoms with van der Waals surface area (Å²) in [7, 11) is 0. The number of carbonyl (C=O) groups is 1. The summed E-state index contributed by atoms with van der Waals surface area (Å²) in [5, 5.41) is 9.90. The molecule has 2 aromatic heterocycles. The van der Waals surface area contributed by atoms with E-state index in [0.717, 1.165) is 22.3 Å². The van der Waals surface area contributed by atoms with Gasteiger partial charge in [-0.3, -0.25) is 9.78 Å². The molecule has 134 valence electrons. The van der Waals surface area contributed by atoms with E-state index in [4.69, 9.17) is 0 Å². The largest absolute Gasteiger partial charge is 0.344 e. The number of hydrogen-bond donors (Lipinski definition) is 1. The van der Waals surface area contributed by atoms with Gasteiger partial charge >= 0.3 is 0 Å². The van der Waals surface area contributed by atoms with E-state index in [9.17, 15) is 4.79 Å². The number of nitrogens with one attached hydrogen (secondary N) is 1. The first-order valence-electron chi connectivity index (χ1n) is 8.89. The van der Waals surface area contributed by atoms with E-state index < -0.39 is 0 Å². The Hall–Kier alpha value is -3.47. The second-order valence-corrected chi connectivity index (χ2v) is 6.51. The van der Waals surface area contributed by atoms with E-state index in [1.165, 1.54) is 5.39 Å². The molecule has 0 radical (unpaired) electrons. The van der Waals surface area contributed by atoms with Crippen molar-refractivity contribution < 1.29 is 4.79 Å². The summed E-state index contributed by atoms with van der Waals surface area (Å²) in [6, 6.07) is 19.5. The van der Waals surface area contributed by atoms with Crippen LogP contribution in [-0.2, 0) is 0 Å². The molecule has 1 unspecified atom stereocenters. The molecule has 4 aromatic rings. The summed E-state index contributed by atoms with van der Waals surface area (Å²) in [6.45, 7) is 3.98. The third-order valence-electron chi connectivity index (χ3n) is 4.75. The molecule has 0 spiro atoms. The topological polar surface area (TPSA) is 59.8 Å². The number of nitrogens with zero attached hydrogens (tertiary/aromatic N) is 3. The third-order valence-corrected chi connectivity index (χ3v) is 4.75. The molecule has 0 aliphatic carbocycles. The fourth-order valence-electron chi connectivity index (χ4n) is 3.33. The maximum Gasteiger partial charge on any atom is 0.270 e. The highest BCUT2D eigenvalue weighted by molar-refractivity contribution is 5.92. The van der Waals surface area contributed by atoms with Gasteiger partial charge in [-0.25, -0.2) is 4.68 Å². The van der Waals surface area contributed by atoms with Crippen LogP contribution in [0.25, 0.3) is 16.5 Å². The molecule has 2 aromatic carbocycles. The number of benzene rings is 2. The van der Waals surface area contributed by atoms with Gasteiger partial charge in [-0.05, 0) is 37.4 Å². The Labute approximate surface area is 157 Å². The first-order valence-corrected chi connectivity index (χ1v) is 8.89. The van der Waals surface area contributed by atoms with E-state index in [-0.39, 0.29) is 11.9 Å². The van der Waals surface area contributed by atoms with Gasteiger partial charge in [0.05, 0.1) is 17.9 Å². The highest BCUT2D eigenvalue weighted by Crippen LogP contribution is 2.25. The number of hydrogen-bond acceptors (Lipinski definition) is 3. The number of fused-ring (bicyclic) bond motifs is 1. The Kier molecular flexibility index (Phi) is 4.42. The maximum atomic E-state index is 12.4. The zero-order valence-electron chi connectivity index (χ0n) is 15.3. The van der Waals surface area contributed by atoms with Gasteiger partial charge in [-0.2, -0.15) is 5.10 Å². The number of amides is 1. The summed E-state index contributed by atoms with van der Waals surface area (Å²) in [6.07, 6.45) is 3.43. The van der Waals surface area contributed by atoms with Gasteiger partial charge in [-0.15, -0.1) is 0 Å². The average Bonchev–Trinajstić information content (AvgIpc) is 3.09. The number of pyridine rings is 1. The molecule has 5 nitrogen and oxygen atoms in total. The van der Waals surface area contributed by atoms with Crippen molar-refractivity contribution in [3.63, 3.8) is 0 Å². The van der Waals surface area contributed by atoms with Gasteiger partial charge in [0.15, 0.2) is 0 Å². The Morgan fingerprint density at radius 3 is 2.63 bits per heavy atom. The fraction of sp³-hybridized carbons (Fsp3) is 0.136. The molecule has 0 aliphatic heterocycles. The van der Waals surface area contributed by atoms with Crippen LogP contribution in [0.3, 0.4) is 0 Å². The molecule has 0 saturated heterocycles. The zero-order valence-corrected chi connectivity index (χ0v) is 15.3. The standard InChI is InChI=1S/C22H20N4O/c1-15(25-22(27)20-11-5-6-13-23-20)19-14-24-26(16(19)2)21-12-7-9-17-8-3-4-10-18(17)21/h3-15H,1-2H3,(H,25,27). The van der Waals surface area contributed by atoms with Crippen molar-refractivity contribution in [2.75, 3.05) is 0 Å². The van der Waals surface area contributed by atoms with Crippen LogP contribution in [0.1, 0.15) is 34.7 Å². The van der Waals surface area contributed by atoms with E-state index >= 15 is 0 Å². The van der Waals surface area contributed by atoms with Gasteiger partial charge in [-0.1, -0.05) is 42.5 Å². The maximum absolute atomic E-state index is 12.4. The average molecular weight is 356 g/mol. The quantitative estimate of drug-likeness (QED) is 0.595. The van der Waals surface area contributed by atoms with Crippen LogP contribution in [0.2, 0.25) is 0 Å². The Morgan fingerprint density at radius 1 is 1.04 bits per heavy atom. The minimum absolute atomic E-state index is 0.178. The van der Waals surface area contributed by atoms with Crippen molar-refractivity contribution >= 4 is 16.7 Å². The van der Waals surface area contributed by atoms with E-state index in [1.54, 1.807) is 24.4 Å². The lowest BCUT2D eigenvalue weighted by Gasteiger charge is -2.14. The monoisotopic (exact) mass is 356 g/mol. The van der Waals surface area contributed by atoms with E-state index in [2.05, 4.69) is 39.7 Å². The highest BCUT2D eigenvalue weighted by atomic mass is 16.1. The molecule has 1 N–H and O–H groups in total. The molecule has 27 heavy (non-hydrogen) atoms. The first-order chi connectivity index (χ1) is 13.1. The predicted octanol–water partition coefficient (Wildman–Crippen LogP) is 4.22. The predicted molar refractivity (Wildman–Crippen MR) is 106 cm³/mol. The van der Waals surface area contributed by atoms with Gasteiger partial charge in [0.25, 0.3) is 5.91 Å². The van der Waals surface area contributed by atoms with Gasteiger partial charge in [0, 0.05) is 22.8 Å². The van der Waals surface area contributed by atoms with Crippen LogP contribution >= 0.6 is 0 Å².